The van der Waals surface area contributed by atoms with E-state index >= 15 is 0 Å². The molecule has 1 atom stereocenters. The molecule has 3 rings (SSSR count). The fraction of sp³-hybridized carbons (Fsp3) is 0.611. The van der Waals surface area contributed by atoms with Crippen LogP contribution in [0, 0.1) is 5.92 Å². The molecule has 1 amide bonds. The number of benzene rings is 1. The second kappa shape index (κ2) is 7.66. The molecule has 2 saturated heterocycles. The Labute approximate surface area is 144 Å². The van der Waals surface area contributed by atoms with Gasteiger partial charge < -0.3 is 4.90 Å². The van der Waals surface area contributed by atoms with Gasteiger partial charge in [-0.15, -0.1) is 0 Å². The van der Waals surface area contributed by atoms with Crippen LogP contribution in [-0.2, 0) is 20.6 Å². The van der Waals surface area contributed by atoms with Crippen molar-refractivity contribution in [2.45, 2.75) is 37.9 Å². The number of carbonyl (C=O) groups excluding carboxylic acids is 1. The molecule has 0 aromatic heterocycles. The average Bonchev–Trinajstić information content (AvgIpc) is 2.62. The predicted octanol–water partition coefficient (Wildman–Crippen LogP) is 2.24. The molecule has 1 aromatic carbocycles. The highest BCUT2D eigenvalue weighted by Crippen LogP contribution is 2.24. The Morgan fingerprint density at radius 1 is 1.00 bits per heavy atom. The first kappa shape index (κ1) is 17.4. The maximum absolute atomic E-state index is 12.7. The third-order valence-corrected chi connectivity index (χ3v) is 6.80. The van der Waals surface area contributed by atoms with Crippen LogP contribution in [-0.4, -0.2) is 49.7 Å². The number of amides is 1. The van der Waals surface area contributed by atoms with Gasteiger partial charge in [0.05, 0.1) is 11.7 Å². The van der Waals surface area contributed by atoms with E-state index in [4.69, 9.17) is 0 Å². The van der Waals surface area contributed by atoms with Gasteiger partial charge >= 0.3 is 0 Å². The largest absolute Gasteiger partial charge is 0.342 e. The van der Waals surface area contributed by atoms with E-state index in [-0.39, 0.29) is 17.6 Å². The Hall–Kier alpha value is -1.40. The number of sulfonamides is 1. The van der Waals surface area contributed by atoms with Crippen molar-refractivity contribution in [2.24, 2.45) is 5.92 Å². The van der Waals surface area contributed by atoms with E-state index in [9.17, 15) is 13.2 Å². The zero-order chi connectivity index (χ0) is 17.0. The molecule has 0 radical (unpaired) electrons. The van der Waals surface area contributed by atoms with Crippen LogP contribution in [0.15, 0.2) is 30.3 Å². The minimum absolute atomic E-state index is 0.0124. The minimum Gasteiger partial charge on any atom is -0.342 e. The number of carbonyl (C=O) groups is 1. The van der Waals surface area contributed by atoms with Crippen molar-refractivity contribution in [3.8, 4) is 0 Å². The van der Waals surface area contributed by atoms with E-state index in [1.165, 1.54) is 10.7 Å². The molecule has 6 heteroatoms. The van der Waals surface area contributed by atoms with Crippen LogP contribution < -0.4 is 0 Å². The van der Waals surface area contributed by atoms with Gasteiger partial charge in [0.2, 0.25) is 15.9 Å². The van der Waals surface area contributed by atoms with E-state index in [0.29, 0.717) is 13.1 Å². The van der Waals surface area contributed by atoms with Crippen LogP contribution >= 0.6 is 0 Å². The summed E-state index contributed by atoms with van der Waals surface area (Å²) in [5.41, 5.74) is 0.794. The summed E-state index contributed by atoms with van der Waals surface area (Å²) in [6.45, 7) is 2.52. The van der Waals surface area contributed by atoms with Crippen LogP contribution in [0.2, 0.25) is 0 Å². The summed E-state index contributed by atoms with van der Waals surface area (Å²) in [7, 11) is -3.37. The van der Waals surface area contributed by atoms with Crippen LogP contribution in [0.4, 0.5) is 0 Å². The molecule has 0 aliphatic carbocycles. The molecule has 5 nitrogen and oxygen atoms in total. The minimum atomic E-state index is -3.37. The zero-order valence-corrected chi connectivity index (χ0v) is 14.9. The highest BCUT2D eigenvalue weighted by atomic mass is 32.2. The lowest BCUT2D eigenvalue weighted by Gasteiger charge is -2.35. The Kier molecular flexibility index (Phi) is 5.56. The second-order valence-corrected chi connectivity index (χ2v) is 8.79. The number of nitrogens with zero attached hydrogens (tertiary/aromatic N) is 2. The highest BCUT2D eigenvalue weighted by molar-refractivity contribution is 7.88. The highest BCUT2D eigenvalue weighted by Gasteiger charge is 2.34. The van der Waals surface area contributed by atoms with Crippen molar-refractivity contribution in [1.82, 2.24) is 9.21 Å². The van der Waals surface area contributed by atoms with Gasteiger partial charge in [-0.05, 0) is 37.7 Å². The molecule has 2 aliphatic heterocycles. The first-order valence-electron chi connectivity index (χ1n) is 8.87. The van der Waals surface area contributed by atoms with Gasteiger partial charge in [0.25, 0.3) is 0 Å². The normalized spacial score (nSPS) is 23.2. The summed E-state index contributed by atoms with van der Waals surface area (Å²) in [6.07, 6.45) is 4.87. The fourth-order valence-electron chi connectivity index (χ4n) is 3.65. The van der Waals surface area contributed by atoms with Crippen molar-refractivity contribution < 1.29 is 13.2 Å². The number of piperidine rings is 2. The molecule has 0 saturated carbocycles. The Balaban J connectivity index is 1.65. The predicted molar refractivity (Wildman–Crippen MR) is 93.8 cm³/mol. The average molecular weight is 350 g/mol. The van der Waals surface area contributed by atoms with Crippen molar-refractivity contribution in [3.63, 3.8) is 0 Å². The van der Waals surface area contributed by atoms with Gasteiger partial charge in [0.15, 0.2) is 0 Å². The van der Waals surface area contributed by atoms with Crippen molar-refractivity contribution in [2.75, 3.05) is 26.2 Å². The number of hydrogen-bond acceptors (Lipinski definition) is 3. The van der Waals surface area contributed by atoms with E-state index in [0.717, 1.165) is 44.3 Å². The number of hydrogen-bond donors (Lipinski definition) is 0. The molecule has 0 spiro atoms. The summed E-state index contributed by atoms with van der Waals surface area (Å²) in [4.78, 5) is 14.6. The summed E-state index contributed by atoms with van der Waals surface area (Å²) in [6, 6.07) is 9.24. The molecular weight excluding hydrogens is 324 g/mol. The first-order chi connectivity index (χ1) is 11.6. The number of likely N-dealkylation sites (tertiary alicyclic amines) is 1. The third kappa shape index (κ3) is 4.16. The lowest BCUT2D eigenvalue weighted by molar-refractivity contribution is -0.137. The van der Waals surface area contributed by atoms with Gasteiger partial charge in [-0.3, -0.25) is 4.79 Å². The van der Waals surface area contributed by atoms with Gasteiger partial charge in [-0.1, -0.05) is 30.3 Å². The molecule has 2 fully saturated rings. The van der Waals surface area contributed by atoms with Crippen molar-refractivity contribution >= 4 is 15.9 Å². The van der Waals surface area contributed by atoms with E-state index in [1.54, 1.807) is 0 Å². The molecule has 2 aliphatic rings. The lowest BCUT2D eigenvalue weighted by atomic mass is 9.97. The topological polar surface area (TPSA) is 57.7 Å². The molecule has 24 heavy (non-hydrogen) atoms. The van der Waals surface area contributed by atoms with Crippen molar-refractivity contribution in [1.29, 1.82) is 0 Å². The van der Waals surface area contributed by atoms with Crippen molar-refractivity contribution in [3.05, 3.63) is 35.9 Å². The Bertz CT molecular complexity index is 654. The molecule has 0 unspecified atom stereocenters. The van der Waals surface area contributed by atoms with E-state index < -0.39 is 10.0 Å². The molecule has 1 aromatic rings. The summed E-state index contributed by atoms with van der Waals surface area (Å²) < 4.78 is 26.9. The molecule has 132 valence electrons. The van der Waals surface area contributed by atoms with E-state index in [2.05, 4.69) is 0 Å². The smallest absolute Gasteiger partial charge is 0.227 e. The maximum Gasteiger partial charge on any atom is 0.227 e. The lowest BCUT2D eigenvalue weighted by Crippen LogP contribution is -2.48. The Morgan fingerprint density at radius 2 is 1.71 bits per heavy atom. The van der Waals surface area contributed by atoms with Gasteiger partial charge in [-0.25, -0.2) is 12.7 Å². The van der Waals surface area contributed by atoms with Crippen LogP contribution in [0.25, 0.3) is 0 Å². The monoisotopic (exact) mass is 350 g/mol. The number of rotatable bonds is 4. The Morgan fingerprint density at radius 3 is 2.42 bits per heavy atom. The third-order valence-electron chi connectivity index (χ3n) is 4.99. The fourth-order valence-corrected chi connectivity index (χ4v) is 5.26. The molecule has 2 heterocycles. The van der Waals surface area contributed by atoms with Crippen LogP contribution in [0.5, 0.6) is 0 Å². The quantitative estimate of drug-likeness (QED) is 0.837. The summed E-state index contributed by atoms with van der Waals surface area (Å²) in [5.74, 6) is -0.0185. The zero-order valence-electron chi connectivity index (χ0n) is 14.1. The second-order valence-electron chi connectivity index (χ2n) is 6.82. The maximum atomic E-state index is 12.7. The standard InChI is InChI=1S/C18H26N2O3S/c21-18(19-11-5-2-6-12-19)17-10-7-13-20(14-17)24(22,23)15-16-8-3-1-4-9-16/h1,3-4,8-9,17H,2,5-7,10-15H2/t17-/m1/s1. The summed E-state index contributed by atoms with van der Waals surface area (Å²) >= 11 is 0. The van der Waals surface area contributed by atoms with Crippen LogP contribution in [0.3, 0.4) is 0 Å². The summed E-state index contributed by atoms with van der Waals surface area (Å²) in [5, 5.41) is 0. The van der Waals surface area contributed by atoms with E-state index in [1.807, 2.05) is 35.2 Å². The van der Waals surface area contributed by atoms with Gasteiger partial charge in [-0.2, -0.15) is 0 Å². The van der Waals surface area contributed by atoms with Gasteiger partial charge in [0.1, 0.15) is 0 Å². The van der Waals surface area contributed by atoms with Gasteiger partial charge in [0, 0.05) is 26.2 Å². The molecule has 0 N–H and O–H groups in total. The SMILES string of the molecule is O=C([C@@H]1CCCN(S(=O)(=O)Cc2ccccc2)C1)N1CCCCC1. The molecular formula is C18H26N2O3S. The first-order valence-corrected chi connectivity index (χ1v) is 10.5. The van der Waals surface area contributed by atoms with Crippen LogP contribution in [0.1, 0.15) is 37.7 Å². The molecule has 0 bridgehead atoms.